The SMILES string of the molecule is O=C(NC1CC1)[C@H]1[C@H]2C=C[C@@]3(O2)[C@H]1C(=O)N(C1CC1)[C@@H]3C(=O)NC1CCCCC1. The molecule has 3 amide bonds. The number of amides is 3. The maximum Gasteiger partial charge on any atom is 0.246 e. The lowest BCUT2D eigenvalue weighted by Crippen LogP contribution is -2.57. The number of likely N-dealkylation sites (tertiary alicyclic amines) is 1. The van der Waals surface area contributed by atoms with Crippen LogP contribution in [0.25, 0.3) is 0 Å². The quantitative estimate of drug-likeness (QED) is 0.676. The lowest BCUT2D eigenvalue weighted by atomic mass is 9.74. The smallest absolute Gasteiger partial charge is 0.246 e. The summed E-state index contributed by atoms with van der Waals surface area (Å²) in [5.74, 6) is -1.38. The van der Waals surface area contributed by atoms with Gasteiger partial charge in [0.1, 0.15) is 11.6 Å². The third-order valence-electron chi connectivity index (χ3n) is 7.68. The Labute approximate surface area is 170 Å². The number of carbonyl (C=O) groups excluding carboxylic acids is 3. The molecule has 1 spiro atoms. The highest BCUT2D eigenvalue weighted by molar-refractivity contribution is 6.00. The van der Waals surface area contributed by atoms with E-state index in [0.717, 1.165) is 51.4 Å². The monoisotopic (exact) mass is 399 g/mol. The van der Waals surface area contributed by atoms with Crippen molar-refractivity contribution >= 4 is 17.7 Å². The highest BCUT2D eigenvalue weighted by Crippen LogP contribution is 2.57. The van der Waals surface area contributed by atoms with Crippen LogP contribution in [0.1, 0.15) is 57.8 Å². The number of nitrogens with one attached hydrogen (secondary N) is 2. The molecule has 156 valence electrons. The van der Waals surface area contributed by atoms with Gasteiger partial charge in [0.15, 0.2) is 0 Å². The zero-order chi connectivity index (χ0) is 19.8. The molecule has 2 bridgehead atoms. The number of carbonyl (C=O) groups is 3. The van der Waals surface area contributed by atoms with Gasteiger partial charge in [-0.25, -0.2) is 0 Å². The summed E-state index contributed by atoms with van der Waals surface area (Å²) in [5.41, 5.74) is -0.991. The predicted molar refractivity (Wildman–Crippen MR) is 104 cm³/mol. The second-order valence-corrected chi connectivity index (χ2v) is 9.80. The molecule has 0 unspecified atom stereocenters. The van der Waals surface area contributed by atoms with Gasteiger partial charge >= 0.3 is 0 Å². The van der Waals surface area contributed by atoms with Gasteiger partial charge in [-0.1, -0.05) is 31.4 Å². The Morgan fingerprint density at radius 3 is 2.34 bits per heavy atom. The second kappa shape index (κ2) is 6.30. The summed E-state index contributed by atoms with van der Waals surface area (Å²) >= 11 is 0. The lowest BCUT2D eigenvalue weighted by molar-refractivity contribution is -0.142. The average Bonchev–Trinajstić information content (AvgIpc) is 3.63. The van der Waals surface area contributed by atoms with E-state index in [1.54, 1.807) is 4.90 Å². The summed E-state index contributed by atoms with van der Waals surface area (Å²) in [6, 6.07) is -0.135. The van der Waals surface area contributed by atoms with E-state index in [-0.39, 0.29) is 35.8 Å². The molecule has 3 heterocycles. The normalized spacial score (nSPS) is 41.0. The number of hydrogen-bond acceptors (Lipinski definition) is 4. The number of fused-ring (bicyclic) bond motifs is 1. The van der Waals surface area contributed by atoms with Crippen LogP contribution in [0, 0.1) is 11.8 Å². The molecule has 29 heavy (non-hydrogen) atoms. The van der Waals surface area contributed by atoms with Gasteiger partial charge < -0.3 is 20.3 Å². The number of rotatable bonds is 5. The zero-order valence-electron chi connectivity index (χ0n) is 16.6. The third kappa shape index (κ3) is 2.69. The molecule has 7 heteroatoms. The van der Waals surface area contributed by atoms with Gasteiger partial charge in [-0.15, -0.1) is 0 Å². The van der Waals surface area contributed by atoms with Crippen molar-refractivity contribution in [3.8, 4) is 0 Å². The van der Waals surface area contributed by atoms with Crippen molar-refractivity contribution in [1.82, 2.24) is 15.5 Å². The summed E-state index contributed by atoms with van der Waals surface area (Å²) in [7, 11) is 0. The molecular formula is C22H29N3O4. The van der Waals surface area contributed by atoms with Crippen molar-refractivity contribution in [2.24, 2.45) is 11.8 Å². The first-order valence-corrected chi connectivity index (χ1v) is 11.4. The van der Waals surface area contributed by atoms with Crippen LogP contribution in [-0.4, -0.2) is 58.5 Å². The highest BCUT2D eigenvalue weighted by atomic mass is 16.5. The Kier molecular flexibility index (Phi) is 3.90. The molecule has 0 aromatic carbocycles. The van der Waals surface area contributed by atoms with Crippen LogP contribution in [0.3, 0.4) is 0 Å². The summed E-state index contributed by atoms with van der Waals surface area (Å²) < 4.78 is 6.33. The molecule has 0 radical (unpaired) electrons. The van der Waals surface area contributed by atoms with Crippen LogP contribution >= 0.6 is 0 Å². The van der Waals surface area contributed by atoms with E-state index in [2.05, 4.69) is 10.6 Å². The van der Waals surface area contributed by atoms with Crippen molar-refractivity contribution in [3.63, 3.8) is 0 Å². The third-order valence-corrected chi connectivity index (χ3v) is 7.68. The maximum atomic E-state index is 13.5. The van der Waals surface area contributed by atoms with Crippen molar-refractivity contribution in [2.75, 3.05) is 0 Å². The van der Waals surface area contributed by atoms with Crippen molar-refractivity contribution < 1.29 is 19.1 Å². The van der Waals surface area contributed by atoms with Crippen molar-refractivity contribution in [3.05, 3.63) is 12.2 Å². The molecule has 2 N–H and O–H groups in total. The second-order valence-electron chi connectivity index (χ2n) is 9.80. The van der Waals surface area contributed by atoms with E-state index in [1.165, 1.54) is 6.42 Å². The van der Waals surface area contributed by atoms with Crippen LogP contribution in [0.2, 0.25) is 0 Å². The lowest BCUT2D eigenvalue weighted by Gasteiger charge is -2.34. The number of nitrogens with zero attached hydrogens (tertiary/aromatic N) is 1. The van der Waals surface area contributed by atoms with E-state index in [4.69, 9.17) is 4.74 Å². The van der Waals surface area contributed by atoms with Crippen LogP contribution in [0.5, 0.6) is 0 Å². The summed E-state index contributed by atoms with van der Waals surface area (Å²) in [6.07, 6.45) is 12.8. The van der Waals surface area contributed by atoms with E-state index >= 15 is 0 Å². The van der Waals surface area contributed by atoms with Gasteiger partial charge in [-0.2, -0.15) is 0 Å². The first kappa shape index (κ1) is 17.9. The molecule has 7 nitrogen and oxygen atoms in total. The molecule has 6 rings (SSSR count). The van der Waals surface area contributed by atoms with Crippen molar-refractivity contribution in [1.29, 1.82) is 0 Å². The van der Waals surface area contributed by atoms with E-state index in [0.29, 0.717) is 0 Å². The molecule has 5 fully saturated rings. The minimum Gasteiger partial charge on any atom is -0.359 e. The maximum absolute atomic E-state index is 13.5. The first-order chi connectivity index (χ1) is 14.1. The summed E-state index contributed by atoms with van der Waals surface area (Å²) in [6.45, 7) is 0. The van der Waals surface area contributed by atoms with Gasteiger partial charge in [0.25, 0.3) is 0 Å². The van der Waals surface area contributed by atoms with Crippen molar-refractivity contribution in [2.45, 2.75) is 93.7 Å². The van der Waals surface area contributed by atoms with Gasteiger partial charge in [0, 0.05) is 18.1 Å². The van der Waals surface area contributed by atoms with Crippen LogP contribution < -0.4 is 10.6 Å². The molecule has 5 atom stereocenters. The van der Waals surface area contributed by atoms with Gasteiger partial charge in [-0.3, -0.25) is 14.4 Å². The molecule has 3 aliphatic carbocycles. The fraction of sp³-hybridized carbons (Fsp3) is 0.773. The molecule has 0 aromatic rings. The van der Waals surface area contributed by atoms with Gasteiger partial charge in [0.05, 0.1) is 17.9 Å². The van der Waals surface area contributed by atoms with Crippen LogP contribution in [0.15, 0.2) is 12.2 Å². The number of ether oxygens (including phenoxy) is 1. The molecule has 0 aromatic heterocycles. The van der Waals surface area contributed by atoms with E-state index in [9.17, 15) is 14.4 Å². The standard InChI is InChI=1S/C22H29N3O4/c26-19(23-13-6-7-13)16-15-10-11-22(29-15)17(16)21(28)25(14-8-9-14)18(22)20(27)24-12-4-2-1-3-5-12/h10-18H,1-9H2,(H,23,26)(H,24,27)/t15-,16+,17-,18-,22-/m1/s1. The highest BCUT2D eigenvalue weighted by Gasteiger charge is 2.74. The molecule has 3 aliphatic heterocycles. The number of hydrogen-bond donors (Lipinski definition) is 2. The Balaban J connectivity index is 1.31. The van der Waals surface area contributed by atoms with Crippen LogP contribution in [-0.2, 0) is 19.1 Å². The summed E-state index contributed by atoms with van der Waals surface area (Å²) in [5, 5.41) is 6.28. The van der Waals surface area contributed by atoms with Crippen LogP contribution in [0.4, 0.5) is 0 Å². The van der Waals surface area contributed by atoms with E-state index < -0.39 is 29.6 Å². The summed E-state index contributed by atoms with van der Waals surface area (Å²) in [4.78, 5) is 41.7. The Morgan fingerprint density at radius 2 is 1.66 bits per heavy atom. The Morgan fingerprint density at radius 1 is 0.966 bits per heavy atom. The molecule has 6 aliphatic rings. The minimum atomic E-state index is -0.991. The predicted octanol–water partition coefficient (Wildman–Crippen LogP) is 1.03. The molecule has 2 saturated heterocycles. The zero-order valence-corrected chi connectivity index (χ0v) is 16.6. The first-order valence-electron chi connectivity index (χ1n) is 11.4. The fourth-order valence-electron chi connectivity index (χ4n) is 6.00. The topological polar surface area (TPSA) is 87.7 Å². The average molecular weight is 399 g/mol. The Bertz CT molecular complexity index is 783. The largest absolute Gasteiger partial charge is 0.359 e. The molecular weight excluding hydrogens is 370 g/mol. The Hall–Kier alpha value is -1.89. The minimum absolute atomic E-state index is 0.0703. The van der Waals surface area contributed by atoms with Gasteiger partial charge in [0.2, 0.25) is 17.7 Å². The van der Waals surface area contributed by atoms with Gasteiger partial charge in [-0.05, 0) is 38.5 Å². The fourth-order valence-corrected chi connectivity index (χ4v) is 6.00. The molecule has 3 saturated carbocycles. The van der Waals surface area contributed by atoms with E-state index in [1.807, 2.05) is 12.2 Å².